The van der Waals surface area contributed by atoms with Crippen molar-refractivity contribution in [3.8, 4) is 0 Å². The number of amides is 1. The normalized spacial score (nSPS) is 18.5. The molecule has 0 aromatic heterocycles. The van der Waals surface area contributed by atoms with E-state index in [1.165, 1.54) is 16.8 Å². The highest BCUT2D eigenvalue weighted by molar-refractivity contribution is 5.78. The summed E-state index contributed by atoms with van der Waals surface area (Å²) in [5, 5.41) is 3.67. The molecule has 5 heteroatoms. The number of nitrogens with zero attached hydrogens (tertiary/aromatic N) is 2. The van der Waals surface area contributed by atoms with Gasteiger partial charge in [0.2, 0.25) is 5.91 Å². The van der Waals surface area contributed by atoms with Gasteiger partial charge in [-0.05, 0) is 29.7 Å². The van der Waals surface area contributed by atoms with Crippen LogP contribution in [0.3, 0.4) is 0 Å². The maximum atomic E-state index is 12.1. The molecule has 2 aromatic carbocycles. The molecule has 1 unspecified atom stereocenters. The SMILES string of the molecule is O=C1CCCN1CC(NCc1ccc(N2CCOCC2)cc1)c1ccccc1. The fraction of sp³-hybridized carbons (Fsp3) is 0.435. The Labute approximate surface area is 167 Å². The van der Waals surface area contributed by atoms with Gasteiger partial charge in [-0.2, -0.15) is 0 Å². The van der Waals surface area contributed by atoms with Gasteiger partial charge < -0.3 is 19.9 Å². The minimum atomic E-state index is 0.141. The zero-order valence-electron chi connectivity index (χ0n) is 16.3. The number of anilines is 1. The van der Waals surface area contributed by atoms with E-state index in [4.69, 9.17) is 4.74 Å². The van der Waals surface area contributed by atoms with E-state index in [-0.39, 0.29) is 11.9 Å². The van der Waals surface area contributed by atoms with Gasteiger partial charge >= 0.3 is 0 Å². The molecule has 2 aliphatic rings. The summed E-state index contributed by atoms with van der Waals surface area (Å²) in [6, 6.07) is 19.4. The van der Waals surface area contributed by atoms with Crippen molar-refractivity contribution in [2.75, 3.05) is 44.3 Å². The number of nitrogens with one attached hydrogen (secondary N) is 1. The van der Waals surface area contributed by atoms with Crippen molar-refractivity contribution in [3.05, 3.63) is 65.7 Å². The molecule has 148 valence electrons. The van der Waals surface area contributed by atoms with Crippen molar-refractivity contribution in [2.24, 2.45) is 0 Å². The summed E-state index contributed by atoms with van der Waals surface area (Å²) in [4.78, 5) is 16.4. The van der Waals surface area contributed by atoms with Crippen LogP contribution in [-0.2, 0) is 16.1 Å². The Balaban J connectivity index is 1.40. The molecule has 4 rings (SSSR count). The van der Waals surface area contributed by atoms with E-state index in [0.29, 0.717) is 6.42 Å². The molecule has 28 heavy (non-hydrogen) atoms. The number of carbonyl (C=O) groups is 1. The highest BCUT2D eigenvalue weighted by atomic mass is 16.5. The largest absolute Gasteiger partial charge is 0.378 e. The summed E-state index contributed by atoms with van der Waals surface area (Å²) in [5.41, 5.74) is 3.74. The van der Waals surface area contributed by atoms with Crippen LogP contribution in [0.4, 0.5) is 5.69 Å². The van der Waals surface area contributed by atoms with Gasteiger partial charge in [-0.3, -0.25) is 4.79 Å². The van der Waals surface area contributed by atoms with Crippen molar-refractivity contribution < 1.29 is 9.53 Å². The molecule has 2 aliphatic heterocycles. The minimum Gasteiger partial charge on any atom is -0.378 e. The van der Waals surface area contributed by atoms with Crippen molar-refractivity contribution in [1.82, 2.24) is 10.2 Å². The minimum absolute atomic E-state index is 0.141. The number of morpholine rings is 1. The maximum Gasteiger partial charge on any atom is 0.222 e. The van der Waals surface area contributed by atoms with E-state index in [1.807, 2.05) is 11.0 Å². The van der Waals surface area contributed by atoms with E-state index in [0.717, 1.165) is 52.4 Å². The molecule has 0 aliphatic carbocycles. The van der Waals surface area contributed by atoms with E-state index < -0.39 is 0 Å². The summed E-state index contributed by atoms with van der Waals surface area (Å²) in [5.74, 6) is 0.276. The van der Waals surface area contributed by atoms with Gasteiger partial charge in [0.05, 0.1) is 19.3 Å². The summed E-state index contributed by atoms with van der Waals surface area (Å²) in [7, 11) is 0. The van der Waals surface area contributed by atoms with Crippen molar-refractivity contribution in [2.45, 2.75) is 25.4 Å². The second-order valence-electron chi connectivity index (χ2n) is 7.55. The van der Waals surface area contributed by atoms with E-state index in [2.05, 4.69) is 58.7 Å². The van der Waals surface area contributed by atoms with Gasteiger partial charge in [0, 0.05) is 44.8 Å². The number of benzene rings is 2. The fourth-order valence-corrected chi connectivity index (χ4v) is 3.98. The molecule has 2 fully saturated rings. The van der Waals surface area contributed by atoms with Gasteiger partial charge in [0.15, 0.2) is 0 Å². The first-order chi connectivity index (χ1) is 13.8. The summed E-state index contributed by atoms with van der Waals surface area (Å²) < 4.78 is 5.43. The molecular weight excluding hydrogens is 350 g/mol. The summed E-state index contributed by atoms with van der Waals surface area (Å²) >= 11 is 0. The van der Waals surface area contributed by atoms with Gasteiger partial charge in [0.1, 0.15) is 0 Å². The van der Waals surface area contributed by atoms with Crippen LogP contribution < -0.4 is 10.2 Å². The number of hydrogen-bond donors (Lipinski definition) is 1. The molecule has 2 saturated heterocycles. The quantitative estimate of drug-likeness (QED) is 0.803. The number of rotatable bonds is 7. The molecule has 0 bridgehead atoms. The Kier molecular flexibility index (Phi) is 6.24. The monoisotopic (exact) mass is 379 g/mol. The Bertz CT molecular complexity index is 757. The Morgan fingerprint density at radius 3 is 2.39 bits per heavy atom. The number of carbonyl (C=O) groups excluding carboxylic acids is 1. The number of likely N-dealkylation sites (tertiary alicyclic amines) is 1. The molecule has 1 amide bonds. The molecule has 1 atom stereocenters. The lowest BCUT2D eigenvalue weighted by atomic mass is 10.1. The first kappa shape index (κ1) is 19.0. The standard InChI is InChI=1S/C23H29N3O2/c27-23-7-4-12-26(23)18-22(20-5-2-1-3-6-20)24-17-19-8-10-21(11-9-19)25-13-15-28-16-14-25/h1-3,5-6,8-11,22,24H,4,7,12-18H2. The predicted molar refractivity (Wildman–Crippen MR) is 111 cm³/mol. The molecule has 2 heterocycles. The molecule has 5 nitrogen and oxygen atoms in total. The number of ether oxygens (including phenoxy) is 1. The Hall–Kier alpha value is -2.37. The van der Waals surface area contributed by atoms with E-state index in [9.17, 15) is 4.79 Å². The zero-order chi connectivity index (χ0) is 19.2. The van der Waals surface area contributed by atoms with Crippen molar-refractivity contribution >= 4 is 11.6 Å². The van der Waals surface area contributed by atoms with Crippen LogP contribution in [-0.4, -0.2) is 50.2 Å². The highest BCUT2D eigenvalue weighted by Gasteiger charge is 2.24. The molecular formula is C23H29N3O2. The fourth-order valence-electron chi connectivity index (χ4n) is 3.98. The third-order valence-electron chi connectivity index (χ3n) is 5.64. The van der Waals surface area contributed by atoms with E-state index >= 15 is 0 Å². The lowest BCUT2D eigenvalue weighted by Crippen LogP contribution is -2.36. The predicted octanol–water partition coefficient (Wildman–Crippen LogP) is 2.98. The topological polar surface area (TPSA) is 44.8 Å². The third-order valence-corrected chi connectivity index (χ3v) is 5.64. The van der Waals surface area contributed by atoms with Crippen molar-refractivity contribution in [1.29, 1.82) is 0 Å². The maximum absolute atomic E-state index is 12.1. The van der Waals surface area contributed by atoms with Gasteiger partial charge in [-0.15, -0.1) is 0 Å². The van der Waals surface area contributed by atoms with Gasteiger partial charge in [-0.1, -0.05) is 42.5 Å². The van der Waals surface area contributed by atoms with Crippen LogP contribution in [0.1, 0.15) is 30.0 Å². The second kappa shape index (κ2) is 9.22. The van der Waals surface area contributed by atoms with Crippen LogP contribution in [0.5, 0.6) is 0 Å². The van der Waals surface area contributed by atoms with Crippen LogP contribution >= 0.6 is 0 Å². The lowest BCUT2D eigenvalue weighted by molar-refractivity contribution is -0.128. The smallest absolute Gasteiger partial charge is 0.222 e. The third kappa shape index (κ3) is 4.72. The average Bonchev–Trinajstić information content (AvgIpc) is 3.17. The van der Waals surface area contributed by atoms with Crippen LogP contribution in [0.2, 0.25) is 0 Å². The molecule has 0 saturated carbocycles. The van der Waals surface area contributed by atoms with Crippen LogP contribution in [0.25, 0.3) is 0 Å². The molecule has 1 N–H and O–H groups in total. The van der Waals surface area contributed by atoms with Crippen LogP contribution in [0.15, 0.2) is 54.6 Å². The summed E-state index contributed by atoms with van der Waals surface area (Å²) in [6.45, 7) is 5.90. The lowest BCUT2D eigenvalue weighted by Gasteiger charge is -2.29. The second-order valence-corrected chi connectivity index (χ2v) is 7.55. The van der Waals surface area contributed by atoms with Crippen molar-refractivity contribution in [3.63, 3.8) is 0 Å². The first-order valence-electron chi connectivity index (χ1n) is 10.3. The molecule has 0 radical (unpaired) electrons. The Morgan fingerprint density at radius 2 is 1.71 bits per heavy atom. The molecule has 0 spiro atoms. The zero-order valence-corrected chi connectivity index (χ0v) is 16.3. The van der Waals surface area contributed by atoms with E-state index in [1.54, 1.807) is 0 Å². The first-order valence-corrected chi connectivity index (χ1v) is 10.3. The Morgan fingerprint density at radius 1 is 0.964 bits per heavy atom. The highest BCUT2D eigenvalue weighted by Crippen LogP contribution is 2.20. The van der Waals surface area contributed by atoms with Gasteiger partial charge in [0.25, 0.3) is 0 Å². The van der Waals surface area contributed by atoms with Gasteiger partial charge in [-0.25, -0.2) is 0 Å². The summed E-state index contributed by atoms with van der Waals surface area (Å²) in [6.07, 6.45) is 1.66. The van der Waals surface area contributed by atoms with Crippen LogP contribution in [0, 0.1) is 0 Å². The molecule has 2 aromatic rings. The number of hydrogen-bond acceptors (Lipinski definition) is 4. The average molecular weight is 380 g/mol.